The highest BCUT2D eigenvalue weighted by Crippen LogP contribution is 2.32. The van der Waals surface area contributed by atoms with Gasteiger partial charge >= 0.3 is 0 Å². The second-order valence-corrected chi connectivity index (χ2v) is 10.1. The van der Waals surface area contributed by atoms with Crippen LogP contribution in [0.25, 0.3) is 11.1 Å². The molecule has 0 saturated carbocycles. The van der Waals surface area contributed by atoms with E-state index in [2.05, 4.69) is 96.8 Å². The van der Waals surface area contributed by atoms with Crippen LogP contribution in [-0.4, -0.2) is 6.61 Å². The average Bonchev–Trinajstić information content (AvgIpc) is 2.94. The standard InChI is InChI=1S/C29H34ClNO.C4H10.C2H6/c1-7-15-32-25-12-13-27(22(5)17-25)29(6,8-2)31-19-24-18-23(11-10-21(24)4)26-16-20(3)9-14-28(26)30;1-3-4-2;1-2/h8-14,16-18,31H,2,7,15,19H2,1,3-6H3;3-4H2,1-2H3;1-2H3. The highest BCUT2D eigenvalue weighted by molar-refractivity contribution is 6.33. The predicted octanol–water partition coefficient (Wildman–Crippen LogP) is 10.7. The smallest absolute Gasteiger partial charge is 0.119 e. The summed E-state index contributed by atoms with van der Waals surface area (Å²) in [5, 5.41) is 4.51. The number of rotatable bonds is 10. The molecule has 0 fully saturated rings. The van der Waals surface area contributed by atoms with Gasteiger partial charge in [-0.25, -0.2) is 0 Å². The Morgan fingerprint density at radius 1 is 0.868 bits per heavy atom. The Hall–Kier alpha value is -2.55. The number of halogens is 1. The fraction of sp³-hybridized carbons (Fsp3) is 0.429. The summed E-state index contributed by atoms with van der Waals surface area (Å²) in [5.41, 5.74) is 7.91. The van der Waals surface area contributed by atoms with Crippen LogP contribution in [0, 0.1) is 20.8 Å². The lowest BCUT2D eigenvalue weighted by Gasteiger charge is -2.30. The molecule has 0 heterocycles. The van der Waals surface area contributed by atoms with E-state index in [0.717, 1.165) is 41.5 Å². The Morgan fingerprint density at radius 3 is 2.13 bits per heavy atom. The molecule has 0 aliphatic heterocycles. The lowest BCUT2D eigenvalue weighted by molar-refractivity contribution is 0.317. The summed E-state index contributed by atoms with van der Waals surface area (Å²) in [7, 11) is 0. The van der Waals surface area contributed by atoms with Gasteiger partial charge in [-0.2, -0.15) is 0 Å². The summed E-state index contributed by atoms with van der Waals surface area (Å²) < 4.78 is 5.80. The molecule has 0 radical (unpaired) electrons. The lowest BCUT2D eigenvalue weighted by Crippen LogP contribution is -2.37. The van der Waals surface area contributed by atoms with Crippen LogP contribution in [0.2, 0.25) is 5.02 Å². The number of ether oxygens (including phenoxy) is 1. The molecule has 0 bridgehead atoms. The first-order valence-electron chi connectivity index (χ1n) is 14.2. The van der Waals surface area contributed by atoms with Crippen molar-refractivity contribution in [2.75, 3.05) is 6.61 Å². The van der Waals surface area contributed by atoms with Gasteiger partial charge in [0.25, 0.3) is 0 Å². The fourth-order valence-corrected chi connectivity index (χ4v) is 4.20. The Labute approximate surface area is 238 Å². The van der Waals surface area contributed by atoms with Gasteiger partial charge in [0, 0.05) is 17.1 Å². The van der Waals surface area contributed by atoms with Gasteiger partial charge in [-0.05, 0) is 92.3 Å². The molecular formula is C35H50ClNO. The van der Waals surface area contributed by atoms with E-state index in [1.54, 1.807) is 0 Å². The van der Waals surface area contributed by atoms with Crippen LogP contribution in [-0.2, 0) is 12.1 Å². The van der Waals surface area contributed by atoms with E-state index in [0.29, 0.717) is 0 Å². The minimum atomic E-state index is -0.364. The lowest BCUT2D eigenvalue weighted by atomic mass is 9.88. The maximum Gasteiger partial charge on any atom is 0.119 e. The molecule has 1 unspecified atom stereocenters. The summed E-state index contributed by atoms with van der Waals surface area (Å²) in [6.45, 7) is 24.6. The third kappa shape index (κ3) is 9.64. The monoisotopic (exact) mass is 535 g/mol. The largest absolute Gasteiger partial charge is 0.494 e. The van der Waals surface area contributed by atoms with E-state index in [-0.39, 0.29) is 5.54 Å². The zero-order chi connectivity index (χ0) is 28.7. The molecule has 208 valence electrons. The zero-order valence-corrected chi connectivity index (χ0v) is 26.1. The Balaban J connectivity index is 0.00000110. The van der Waals surface area contributed by atoms with Crippen LogP contribution in [0.15, 0.2) is 67.3 Å². The summed E-state index contributed by atoms with van der Waals surface area (Å²) in [6, 6.07) is 19.0. The molecule has 1 atom stereocenters. The number of unbranched alkanes of at least 4 members (excludes halogenated alkanes) is 1. The molecule has 0 spiro atoms. The van der Waals surface area contributed by atoms with Gasteiger partial charge in [0.15, 0.2) is 0 Å². The summed E-state index contributed by atoms with van der Waals surface area (Å²) >= 11 is 6.50. The second kappa shape index (κ2) is 17.1. The first-order chi connectivity index (χ1) is 18.2. The van der Waals surface area contributed by atoms with Gasteiger partial charge < -0.3 is 10.1 Å². The maximum atomic E-state index is 6.50. The van der Waals surface area contributed by atoms with Crippen LogP contribution in [0.5, 0.6) is 5.75 Å². The Bertz CT molecular complexity index is 1130. The first-order valence-corrected chi connectivity index (χ1v) is 14.5. The van der Waals surface area contributed by atoms with Gasteiger partial charge in [0.1, 0.15) is 5.75 Å². The molecule has 3 heteroatoms. The van der Waals surface area contributed by atoms with Gasteiger partial charge in [-0.15, -0.1) is 6.58 Å². The molecule has 3 aromatic rings. The van der Waals surface area contributed by atoms with Crippen molar-refractivity contribution in [3.05, 3.63) is 100 Å². The summed E-state index contributed by atoms with van der Waals surface area (Å²) in [5.74, 6) is 0.915. The van der Waals surface area contributed by atoms with Gasteiger partial charge in [0.2, 0.25) is 0 Å². The van der Waals surface area contributed by atoms with Gasteiger partial charge in [-0.3, -0.25) is 0 Å². The maximum absolute atomic E-state index is 6.50. The van der Waals surface area contributed by atoms with Gasteiger partial charge in [-0.1, -0.05) is 95.0 Å². The third-order valence-corrected chi connectivity index (χ3v) is 6.90. The SMILES string of the molecule is C=CC(C)(NCc1cc(-c2cc(C)ccc2Cl)ccc1C)c1ccc(OCCC)cc1C.CC.CCCC. The molecule has 0 aliphatic rings. The highest BCUT2D eigenvalue weighted by Gasteiger charge is 2.24. The minimum Gasteiger partial charge on any atom is -0.494 e. The number of benzene rings is 3. The molecule has 0 amide bonds. The fourth-order valence-electron chi connectivity index (χ4n) is 3.97. The van der Waals surface area contributed by atoms with Crippen molar-refractivity contribution in [2.24, 2.45) is 0 Å². The minimum absolute atomic E-state index is 0.364. The molecule has 0 saturated heterocycles. The highest BCUT2D eigenvalue weighted by atomic mass is 35.5. The van der Waals surface area contributed by atoms with Crippen LogP contribution in [0.4, 0.5) is 0 Å². The van der Waals surface area contributed by atoms with E-state index in [4.69, 9.17) is 16.3 Å². The van der Waals surface area contributed by atoms with Gasteiger partial charge in [0.05, 0.1) is 12.1 Å². The van der Waals surface area contributed by atoms with E-state index < -0.39 is 0 Å². The van der Waals surface area contributed by atoms with E-state index in [9.17, 15) is 0 Å². The van der Waals surface area contributed by atoms with Crippen molar-refractivity contribution in [2.45, 2.75) is 93.7 Å². The number of aryl methyl sites for hydroxylation is 3. The molecule has 3 rings (SSSR count). The van der Waals surface area contributed by atoms with Crippen molar-refractivity contribution in [3.63, 3.8) is 0 Å². The van der Waals surface area contributed by atoms with Crippen molar-refractivity contribution >= 4 is 11.6 Å². The normalized spacial score (nSPS) is 11.8. The third-order valence-electron chi connectivity index (χ3n) is 6.57. The van der Waals surface area contributed by atoms with Crippen molar-refractivity contribution in [1.29, 1.82) is 0 Å². The molecule has 2 nitrogen and oxygen atoms in total. The van der Waals surface area contributed by atoms with Crippen molar-refractivity contribution in [3.8, 4) is 16.9 Å². The molecular weight excluding hydrogens is 486 g/mol. The topological polar surface area (TPSA) is 21.3 Å². The number of hydrogen-bond donors (Lipinski definition) is 1. The average molecular weight is 536 g/mol. The molecule has 0 aromatic heterocycles. The quantitative estimate of drug-likeness (QED) is 0.260. The molecule has 1 N–H and O–H groups in total. The number of nitrogens with one attached hydrogen (secondary N) is 1. The zero-order valence-electron chi connectivity index (χ0n) is 25.3. The van der Waals surface area contributed by atoms with E-state index in [1.165, 1.54) is 40.7 Å². The van der Waals surface area contributed by atoms with Crippen LogP contribution in [0.3, 0.4) is 0 Å². The molecule has 38 heavy (non-hydrogen) atoms. The van der Waals surface area contributed by atoms with Crippen LogP contribution >= 0.6 is 11.6 Å². The predicted molar refractivity (Wildman–Crippen MR) is 170 cm³/mol. The number of hydrogen-bond acceptors (Lipinski definition) is 2. The molecule has 3 aromatic carbocycles. The van der Waals surface area contributed by atoms with E-state index in [1.807, 2.05) is 38.1 Å². The Morgan fingerprint density at radius 2 is 1.55 bits per heavy atom. The van der Waals surface area contributed by atoms with Crippen LogP contribution in [0.1, 0.15) is 88.6 Å². The second-order valence-electron chi connectivity index (χ2n) is 9.71. The van der Waals surface area contributed by atoms with Crippen molar-refractivity contribution < 1.29 is 4.74 Å². The summed E-state index contributed by atoms with van der Waals surface area (Å²) in [6.07, 6.45) is 5.62. The van der Waals surface area contributed by atoms with E-state index >= 15 is 0 Å². The Kier molecular flexibility index (Phi) is 15.1. The van der Waals surface area contributed by atoms with Crippen LogP contribution < -0.4 is 10.1 Å². The first kappa shape index (κ1) is 33.5. The summed E-state index contributed by atoms with van der Waals surface area (Å²) in [4.78, 5) is 0. The molecule has 0 aliphatic carbocycles. The van der Waals surface area contributed by atoms with Crippen molar-refractivity contribution in [1.82, 2.24) is 5.32 Å².